The fourth-order valence-electron chi connectivity index (χ4n) is 4.74. The second-order valence-corrected chi connectivity index (χ2v) is 10.6. The van der Waals surface area contributed by atoms with E-state index in [0.717, 1.165) is 35.3 Å². The summed E-state index contributed by atoms with van der Waals surface area (Å²) in [5, 5.41) is 6.95. The Morgan fingerprint density at radius 2 is 1.71 bits per heavy atom. The quantitative estimate of drug-likeness (QED) is 0.145. The maximum atomic E-state index is 13.5. The van der Waals surface area contributed by atoms with Crippen LogP contribution in [0, 0.1) is 5.82 Å². The summed E-state index contributed by atoms with van der Waals surface area (Å²) >= 11 is 0. The molecule has 5 aromatic rings. The molecule has 2 N–H and O–H groups in total. The lowest BCUT2D eigenvalue weighted by atomic mass is 10.0. The zero-order valence-electron chi connectivity index (χ0n) is 25.7. The summed E-state index contributed by atoms with van der Waals surface area (Å²) in [6, 6.07) is 23.1. The van der Waals surface area contributed by atoms with Crippen molar-refractivity contribution in [1.29, 1.82) is 0 Å². The lowest BCUT2D eigenvalue weighted by molar-refractivity contribution is -0.111. The summed E-state index contributed by atoms with van der Waals surface area (Å²) in [6.07, 6.45) is 2.94. The van der Waals surface area contributed by atoms with Crippen LogP contribution in [0.25, 0.3) is 22.0 Å². The van der Waals surface area contributed by atoms with Crippen molar-refractivity contribution >= 4 is 39.8 Å². The number of benzene rings is 4. The largest absolute Gasteiger partial charge is 0.494 e. The maximum Gasteiger partial charge on any atom is 0.247 e. The summed E-state index contributed by atoms with van der Waals surface area (Å²) < 4.78 is 25.3. The minimum Gasteiger partial charge on any atom is -0.494 e. The normalized spacial score (nSPS) is 10.9. The van der Waals surface area contributed by atoms with E-state index in [1.807, 2.05) is 69.7 Å². The first-order chi connectivity index (χ1) is 21.7. The number of fused-ring (bicyclic) bond motifs is 1. The van der Waals surface area contributed by atoms with Crippen LogP contribution in [0.5, 0.6) is 17.2 Å². The van der Waals surface area contributed by atoms with E-state index >= 15 is 0 Å². The number of hydrogen-bond donors (Lipinski definition) is 2. The molecule has 0 atom stereocenters. The highest BCUT2D eigenvalue weighted by molar-refractivity contribution is 6.02. The highest BCUT2D eigenvalue weighted by atomic mass is 19.1. The van der Waals surface area contributed by atoms with E-state index in [0.29, 0.717) is 40.1 Å². The van der Waals surface area contributed by atoms with Gasteiger partial charge in [0.05, 0.1) is 29.7 Å². The zero-order valence-corrected chi connectivity index (χ0v) is 25.7. The fraction of sp³-hybridized carbons (Fsp3) is 0.171. The molecule has 0 bridgehead atoms. The van der Waals surface area contributed by atoms with Crippen molar-refractivity contribution in [3.8, 4) is 28.4 Å². The molecule has 10 heteroatoms. The van der Waals surface area contributed by atoms with Gasteiger partial charge in [-0.2, -0.15) is 0 Å². The molecule has 0 radical (unpaired) electrons. The van der Waals surface area contributed by atoms with Crippen molar-refractivity contribution in [3.05, 3.63) is 104 Å². The van der Waals surface area contributed by atoms with E-state index in [2.05, 4.69) is 32.0 Å². The average Bonchev–Trinajstić information content (AvgIpc) is 3.05. The van der Waals surface area contributed by atoms with Crippen molar-refractivity contribution < 1.29 is 18.7 Å². The number of carbonyl (C=O) groups is 1. The van der Waals surface area contributed by atoms with Crippen molar-refractivity contribution in [2.45, 2.75) is 0 Å². The van der Waals surface area contributed by atoms with Crippen molar-refractivity contribution in [2.24, 2.45) is 0 Å². The van der Waals surface area contributed by atoms with Gasteiger partial charge in [0.25, 0.3) is 0 Å². The fourth-order valence-corrected chi connectivity index (χ4v) is 4.74. The molecule has 230 valence electrons. The van der Waals surface area contributed by atoms with Gasteiger partial charge in [0.1, 0.15) is 23.1 Å². The molecule has 0 fully saturated rings. The first kappa shape index (κ1) is 31.0. The number of nitrogens with one attached hydrogen (secondary N) is 2. The standard InChI is InChI=1S/C35H35FN6O3/c1-6-33(43)38-29-20-30(32(44-5)21-31(29)42(4)17-16-41(2)3)39-35-37-22-24-18-27(45-26-14-12-25(36)13-15-26)19-28(34(24)40-35)23-10-8-7-9-11-23/h6-15,18-22H,1,16-17H2,2-5H3,(H,38,43)(H,37,39,40). The van der Waals surface area contributed by atoms with Crippen LogP contribution < -0.4 is 25.0 Å². The smallest absolute Gasteiger partial charge is 0.247 e. The Labute approximate surface area is 261 Å². The van der Waals surface area contributed by atoms with Gasteiger partial charge >= 0.3 is 0 Å². The van der Waals surface area contributed by atoms with Crippen LogP contribution in [0.1, 0.15) is 0 Å². The number of methoxy groups -OCH3 is 1. The molecule has 0 unspecified atom stereocenters. The molecule has 5 rings (SSSR count). The summed E-state index contributed by atoms with van der Waals surface area (Å²) in [4.78, 5) is 26.0. The van der Waals surface area contributed by atoms with Crippen LogP contribution in [0.2, 0.25) is 0 Å². The second kappa shape index (κ2) is 13.9. The SMILES string of the molecule is C=CC(=O)Nc1cc(Nc2ncc3cc(Oc4ccc(F)cc4)cc(-c4ccccc4)c3n2)c(OC)cc1N(C)CCN(C)C. The third-order valence-electron chi connectivity index (χ3n) is 7.09. The molecule has 45 heavy (non-hydrogen) atoms. The number of likely N-dealkylation sites (N-methyl/N-ethyl adjacent to an activating group) is 2. The van der Waals surface area contributed by atoms with Crippen LogP contribution in [0.15, 0.2) is 97.7 Å². The van der Waals surface area contributed by atoms with Crippen LogP contribution in [-0.4, -0.2) is 62.1 Å². The molecule has 0 aliphatic heterocycles. The second-order valence-electron chi connectivity index (χ2n) is 10.6. The molecule has 9 nitrogen and oxygen atoms in total. The minimum atomic E-state index is -0.336. The van der Waals surface area contributed by atoms with Gasteiger partial charge in [0, 0.05) is 43.4 Å². The van der Waals surface area contributed by atoms with Crippen molar-refractivity contribution in [3.63, 3.8) is 0 Å². The number of ether oxygens (including phenoxy) is 2. The molecule has 0 saturated heterocycles. The number of rotatable bonds is 12. The number of aromatic nitrogens is 2. The van der Waals surface area contributed by atoms with E-state index in [9.17, 15) is 9.18 Å². The summed E-state index contributed by atoms with van der Waals surface area (Å²) in [7, 11) is 7.56. The Morgan fingerprint density at radius 1 is 0.956 bits per heavy atom. The third kappa shape index (κ3) is 7.54. The lowest BCUT2D eigenvalue weighted by Gasteiger charge is -2.26. The van der Waals surface area contributed by atoms with E-state index in [1.54, 1.807) is 31.5 Å². The predicted octanol–water partition coefficient (Wildman–Crippen LogP) is 7.10. The van der Waals surface area contributed by atoms with E-state index in [-0.39, 0.29) is 11.7 Å². The Balaban J connectivity index is 1.55. The lowest BCUT2D eigenvalue weighted by Crippen LogP contribution is -2.29. The van der Waals surface area contributed by atoms with Crippen LogP contribution in [0.4, 0.5) is 27.4 Å². The molecule has 1 heterocycles. The Kier molecular flexibility index (Phi) is 9.54. The van der Waals surface area contributed by atoms with E-state index < -0.39 is 0 Å². The Hall–Kier alpha value is -5.48. The molecule has 0 saturated carbocycles. The van der Waals surface area contributed by atoms with Gasteiger partial charge in [-0.3, -0.25) is 4.79 Å². The first-order valence-electron chi connectivity index (χ1n) is 14.3. The van der Waals surface area contributed by atoms with Gasteiger partial charge in [-0.25, -0.2) is 14.4 Å². The minimum absolute atomic E-state index is 0.332. The molecule has 1 amide bonds. The Bertz CT molecular complexity index is 1810. The molecular weight excluding hydrogens is 571 g/mol. The van der Waals surface area contributed by atoms with Crippen LogP contribution >= 0.6 is 0 Å². The highest BCUT2D eigenvalue weighted by Gasteiger charge is 2.18. The monoisotopic (exact) mass is 606 g/mol. The number of halogens is 1. The summed E-state index contributed by atoms with van der Waals surface area (Å²) in [5.41, 5.74) is 4.41. The zero-order chi connectivity index (χ0) is 31.9. The first-order valence-corrected chi connectivity index (χ1v) is 14.3. The number of hydrogen-bond acceptors (Lipinski definition) is 8. The van der Waals surface area contributed by atoms with Crippen LogP contribution in [-0.2, 0) is 4.79 Å². The van der Waals surface area contributed by atoms with Gasteiger partial charge < -0.3 is 29.9 Å². The van der Waals surface area contributed by atoms with Crippen molar-refractivity contribution in [1.82, 2.24) is 14.9 Å². The van der Waals surface area contributed by atoms with Gasteiger partial charge in [0.2, 0.25) is 11.9 Å². The molecule has 1 aromatic heterocycles. The number of nitrogens with zero attached hydrogens (tertiary/aromatic N) is 4. The third-order valence-corrected chi connectivity index (χ3v) is 7.09. The van der Waals surface area contributed by atoms with Gasteiger partial charge in [0.15, 0.2) is 0 Å². The molecule has 0 aliphatic rings. The molecule has 4 aromatic carbocycles. The predicted molar refractivity (Wildman–Crippen MR) is 178 cm³/mol. The topological polar surface area (TPSA) is 91.8 Å². The highest BCUT2D eigenvalue weighted by Crippen LogP contribution is 2.39. The summed E-state index contributed by atoms with van der Waals surface area (Å²) in [6.45, 7) is 5.14. The van der Waals surface area contributed by atoms with Gasteiger partial charge in [-0.1, -0.05) is 36.9 Å². The number of carbonyl (C=O) groups excluding carboxylic acids is 1. The van der Waals surface area contributed by atoms with Crippen LogP contribution in [0.3, 0.4) is 0 Å². The van der Waals surface area contributed by atoms with E-state index in [1.165, 1.54) is 18.2 Å². The average molecular weight is 607 g/mol. The Morgan fingerprint density at radius 3 is 2.40 bits per heavy atom. The molecular formula is C35H35FN6O3. The van der Waals surface area contributed by atoms with Crippen molar-refractivity contribution in [2.75, 3.05) is 56.9 Å². The molecule has 0 spiro atoms. The summed E-state index contributed by atoms with van der Waals surface area (Å²) in [5.74, 6) is 1.29. The number of amides is 1. The van der Waals surface area contributed by atoms with E-state index in [4.69, 9.17) is 14.5 Å². The maximum absolute atomic E-state index is 13.5. The van der Waals surface area contributed by atoms with Gasteiger partial charge in [-0.15, -0.1) is 0 Å². The number of anilines is 4. The van der Waals surface area contributed by atoms with Gasteiger partial charge in [-0.05, 0) is 68.2 Å². The molecule has 0 aliphatic carbocycles.